The zero-order chi connectivity index (χ0) is 55.2. The number of ether oxygens (including phenoxy) is 2. The molecule has 76 heavy (non-hydrogen) atoms. The number of alkyl halides is 6. The number of aromatic nitrogens is 12. The number of hydrogen-bond donors (Lipinski definition) is 7. The summed E-state index contributed by atoms with van der Waals surface area (Å²) in [4.78, 5) is 65.0. The molecule has 6 rings (SSSR count). The van der Waals surface area contributed by atoms with Crippen LogP contribution in [-0.4, -0.2) is 132 Å². The van der Waals surface area contributed by atoms with Gasteiger partial charge in [0, 0.05) is 32.7 Å². The van der Waals surface area contributed by atoms with Crippen molar-refractivity contribution in [3.63, 3.8) is 0 Å². The summed E-state index contributed by atoms with van der Waals surface area (Å²) in [7, 11) is 0. The second-order valence-corrected chi connectivity index (χ2v) is 18.0. The van der Waals surface area contributed by atoms with Crippen molar-refractivity contribution in [3.8, 4) is 0 Å². The minimum absolute atomic E-state index is 0. The number of alkyl carbamates (subject to hydrolysis) is 2. The van der Waals surface area contributed by atoms with Gasteiger partial charge in [-0.2, -0.15) is 41.6 Å². The van der Waals surface area contributed by atoms with Crippen LogP contribution in [0, 0.1) is 3.70 Å². The summed E-state index contributed by atoms with van der Waals surface area (Å²) in [5.41, 5.74) is 24.1. The van der Waals surface area contributed by atoms with Crippen LogP contribution in [0.5, 0.6) is 0 Å². The molecule has 11 N–H and O–H groups in total. The molecule has 32 heteroatoms. The van der Waals surface area contributed by atoms with E-state index in [0.717, 1.165) is 81.9 Å². The van der Waals surface area contributed by atoms with Gasteiger partial charge in [-0.3, -0.25) is 4.79 Å². The molecule has 2 amide bonds. The average Bonchev–Trinajstić information content (AvgIpc) is 3.99. The van der Waals surface area contributed by atoms with Crippen LogP contribution in [-0.2, 0) is 38.7 Å². The maximum Gasteiger partial charge on any atom is 0.490 e. The first-order chi connectivity index (χ1) is 34.0. The smallest absolute Gasteiger partial charge is 0.475 e. The van der Waals surface area contributed by atoms with Gasteiger partial charge in [-0.05, 0) is 109 Å². The van der Waals surface area contributed by atoms with Gasteiger partial charge in [0.15, 0.2) is 16.9 Å². The molecular weight excluding hydrogens is 1130 g/mol. The van der Waals surface area contributed by atoms with Crippen molar-refractivity contribution in [2.75, 3.05) is 36.8 Å². The van der Waals surface area contributed by atoms with Crippen LogP contribution in [0.15, 0.2) is 31.4 Å². The minimum atomic E-state index is -5.08. The Kier molecular flexibility index (Phi) is 31.0. The van der Waals surface area contributed by atoms with Gasteiger partial charge in [-0.1, -0.05) is 22.3 Å². The first-order valence-electron chi connectivity index (χ1n) is 21.9. The summed E-state index contributed by atoms with van der Waals surface area (Å²) < 4.78 is 79.6. The Bertz CT molecular complexity index is 2690. The third-order valence-corrected chi connectivity index (χ3v) is 9.33. The molecule has 428 valence electrons. The first-order valence-corrected chi connectivity index (χ1v) is 23.0. The lowest BCUT2D eigenvalue weighted by atomic mass is 10.2. The highest BCUT2D eigenvalue weighted by atomic mass is 127. The summed E-state index contributed by atoms with van der Waals surface area (Å²) in [6.07, 6.45) is 1.47. The number of rotatable bonds is 14. The van der Waals surface area contributed by atoms with E-state index in [4.69, 9.17) is 47.1 Å². The number of aldehydes is 1. The van der Waals surface area contributed by atoms with Crippen molar-refractivity contribution >= 4 is 97.6 Å². The van der Waals surface area contributed by atoms with E-state index in [1.807, 2.05) is 50.9 Å². The molecule has 0 saturated carbocycles. The van der Waals surface area contributed by atoms with Crippen LogP contribution in [0.3, 0.4) is 0 Å². The fourth-order valence-electron chi connectivity index (χ4n) is 5.48. The lowest BCUT2D eigenvalue weighted by Crippen LogP contribution is -2.33. The number of carboxylic acid groups (broad SMARTS) is 1. The fourth-order valence-corrected chi connectivity index (χ4v) is 6.26. The number of fused-ring (bicyclic) bond motifs is 3. The lowest BCUT2D eigenvalue weighted by molar-refractivity contribution is -0.192. The van der Waals surface area contributed by atoms with E-state index in [1.165, 1.54) is 19.0 Å². The number of carbonyl (C=O) groups excluding carboxylic acids is 3. The fraction of sp³-hybridized carbons (Fsp3) is 0.568. The molecule has 25 nitrogen and oxygen atoms in total. The Morgan fingerprint density at radius 1 is 0.632 bits per heavy atom. The molecule has 0 aliphatic carbocycles. The molecule has 0 aromatic carbocycles. The van der Waals surface area contributed by atoms with Crippen molar-refractivity contribution in [2.24, 2.45) is 5.73 Å². The number of aryl methyl sites for hydroxylation is 3. The molecule has 0 aliphatic rings. The van der Waals surface area contributed by atoms with E-state index in [-0.39, 0.29) is 22.3 Å². The van der Waals surface area contributed by atoms with Gasteiger partial charge in [0.25, 0.3) is 0 Å². The predicted molar refractivity (Wildman–Crippen MR) is 283 cm³/mol. The summed E-state index contributed by atoms with van der Waals surface area (Å²) >= 11 is 2.13. The normalized spacial score (nSPS) is 11.0. The van der Waals surface area contributed by atoms with Crippen LogP contribution in [0.25, 0.3) is 33.1 Å². The quantitative estimate of drug-likeness (QED) is 0.0240. The highest BCUT2D eigenvalue weighted by molar-refractivity contribution is 14.1. The lowest BCUT2D eigenvalue weighted by Gasteiger charge is -2.19. The number of unbranched alkanes of at least 4 members (excludes halogenated alkanes) is 3. The molecule has 0 unspecified atom stereocenters. The Hall–Kier alpha value is -7.00. The number of nitrogen functional groups attached to an aromatic ring is 3. The number of amides is 2. The maximum absolute atomic E-state index is 11.5. The number of hydrogen-bond acceptors (Lipinski definition) is 19. The number of aliphatic carboxylic acids is 1. The summed E-state index contributed by atoms with van der Waals surface area (Å²) in [5, 5.41) is 27.9. The van der Waals surface area contributed by atoms with E-state index in [9.17, 15) is 35.9 Å². The van der Waals surface area contributed by atoms with Crippen LogP contribution in [0.2, 0.25) is 0 Å². The second kappa shape index (κ2) is 33.1. The van der Waals surface area contributed by atoms with Crippen molar-refractivity contribution in [2.45, 2.75) is 146 Å². The molecule has 0 saturated heterocycles. The van der Waals surface area contributed by atoms with Crippen LogP contribution >= 0.6 is 22.6 Å². The molecule has 0 atom stereocenters. The van der Waals surface area contributed by atoms with Gasteiger partial charge < -0.3 is 48.1 Å². The zero-order valence-electron chi connectivity index (χ0n) is 40.7. The van der Waals surface area contributed by atoms with E-state index in [1.54, 1.807) is 17.1 Å². The molecule has 0 spiro atoms. The topological polar surface area (TPSA) is 366 Å². The number of carboxylic acids is 1. The molecule has 0 aliphatic heterocycles. The first kappa shape index (κ1) is 71.1. The number of nitrogens with two attached hydrogens (primary N) is 4. The largest absolute Gasteiger partial charge is 0.490 e. The highest BCUT2D eigenvalue weighted by Crippen LogP contribution is 2.23. The molecule has 6 aromatic heterocycles. The molecule has 6 heterocycles. The van der Waals surface area contributed by atoms with Crippen molar-refractivity contribution < 1.29 is 60.1 Å². The molecule has 0 radical (unpaired) electrons. The second-order valence-electron chi connectivity index (χ2n) is 16.9. The Balaban J connectivity index is 0. The average molecular weight is 1210 g/mol. The molecule has 6 aromatic rings. The van der Waals surface area contributed by atoms with Gasteiger partial charge in [-0.15, -0.1) is 0 Å². The Morgan fingerprint density at radius 2 is 0.987 bits per heavy atom. The van der Waals surface area contributed by atoms with Crippen molar-refractivity contribution in [1.29, 1.82) is 0 Å². The van der Waals surface area contributed by atoms with Crippen LogP contribution in [0.4, 0.5) is 53.4 Å². The molecule has 0 fully saturated rings. The SMILES string of the molecule is C.C.C.CC(C)(C)OC(=O)NCCCCn1nc(I)c2c(N)ncnc21.CC(C)(C)OC(=O)NCCCCn1ncc2c(N)ncnc21.NCCCCn1ncc2c(N)ncnc21.O=C(O)C(F)(F)F.O=CC(F)(F)F. The van der Waals surface area contributed by atoms with E-state index in [2.05, 4.69) is 78.4 Å². The number of anilines is 3. The third-order valence-electron chi connectivity index (χ3n) is 8.57. The molecule has 0 bridgehead atoms. The number of carbonyl (C=O) groups is 4. The highest BCUT2D eigenvalue weighted by Gasteiger charge is 2.38. The van der Waals surface area contributed by atoms with Gasteiger partial charge in [0.2, 0.25) is 6.29 Å². The third kappa shape index (κ3) is 26.5. The zero-order valence-corrected chi connectivity index (χ0v) is 42.8. The van der Waals surface area contributed by atoms with Crippen LogP contribution < -0.4 is 33.6 Å². The monoisotopic (exact) mass is 1200 g/mol. The maximum atomic E-state index is 11.5. The van der Waals surface area contributed by atoms with E-state index in [0.29, 0.717) is 50.2 Å². The Labute approximate surface area is 449 Å². The van der Waals surface area contributed by atoms with Crippen molar-refractivity contribution in [3.05, 3.63) is 35.1 Å². The summed E-state index contributed by atoms with van der Waals surface area (Å²) in [5.74, 6) is -1.40. The number of halogens is 7. The predicted octanol–water partition coefficient (Wildman–Crippen LogP) is 7.47. The van der Waals surface area contributed by atoms with Gasteiger partial charge >= 0.3 is 30.5 Å². The standard InChI is InChI=1S/C14H21IN6O2.C14H22N6O2.C9H14N6.C2HF3O2.C2HF3O.3CH4/c1-14(2,3)23-13(22)17-6-4-5-7-21-12-9(10(15)20-21)11(16)18-8-19-12;1-14(2,3)22-13(21)16-6-4-5-7-20-12-10(8-19-20)11(15)17-9-18-12;10-3-1-2-4-15-9-7(5-14-15)8(11)12-6-13-9;3-2(4,5)1(6)7;3-2(4,5)1-6;;;/h8H,4-7H2,1-3H3,(H,17,22)(H2,16,18,19);8-9H,4-7H2,1-3H3,(H,16,21)(H2,15,17,18);5-6H,1-4,10H2,(H2,11,12,13);(H,6,7);1H;3*1H4. The number of nitrogens with zero attached hydrogens (tertiary/aromatic N) is 12. The van der Waals surface area contributed by atoms with E-state index < -0.39 is 48.0 Å². The summed E-state index contributed by atoms with van der Waals surface area (Å²) in [6.45, 7) is 15.1. The van der Waals surface area contributed by atoms with Gasteiger partial charge in [-0.25, -0.2) is 58.3 Å². The van der Waals surface area contributed by atoms with Gasteiger partial charge in [0.1, 0.15) is 51.3 Å². The summed E-state index contributed by atoms with van der Waals surface area (Å²) in [6, 6.07) is 0. The van der Waals surface area contributed by atoms with Crippen molar-refractivity contribution in [1.82, 2.24) is 69.9 Å². The Morgan fingerprint density at radius 3 is 1.34 bits per heavy atom. The molecular formula is C44H71F6IN18O7. The van der Waals surface area contributed by atoms with Crippen LogP contribution in [0.1, 0.15) is 102 Å². The van der Waals surface area contributed by atoms with E-state index >= 15 is 0 Å². The number of nitrogens with one attached hydrogen (secondary N) is 2. The minimum Gasteiger partial charge on any atom is -0.475 e. The van der Waals surface area contributed by atoms with Gasteiger partial charge in [0.05, 0.1) is 28.6 Å².